The first-order valence-electron chi connectivity index (χ1n) is 11.0. The minimum absolute atomic E-state index is 0.0690. The average molecular weight is 375 g/mol. The van der Waals surface area contributed by atoms with Crippen molar-refractivity contribution in [1.29, 1.82) is 0 Å². The molecule has 0 aliphatic heterocycles. The molecule has 0 aromatic heterocycles. The van der Waals surface area contributed by atoms with Gasteiger partial charge >= 0.3 is 0 Å². The van der Waals surface area contributed by atoms with E-state index in [0.717, 1.165) is 38.5 Å². The molecule has 0 heterocycles. The van der Waals surface area contributed by atoms with E-state index in [-0.39, 0.29) is 16.9 Å². The summed E-state index contributed by atoms with van der Waals surface area (Å²) in [5.41, 5.74) is 0.0944. The Hall–Kier alpha value is -0.820. The van der Waals surface area contributed by atoms with Crippen LogP contribution in [-0.4, -0.2) is 33.1 Å². The van der Waals surface area contributed by atoms with Gasteiger partial charge in [-0.2, -0.15) is 0 Å². The van der Waals surface area contributed by atoms with E-state index < -0.39 is 11.7 Å². The third-order valence-corrected chi connectivity index (χ3v) is 8.74. The first kappa shape index (κ1) is 20.9. The minimum Gasteiger partial charge on any atom is -0.393 e. The Balaban J connectivity index is 0.00000102. The van der Waals surface area contributed by atoms with Crippen LogP contribution in [0.3, 0.4) is 0 Å². The van der Waals surface area contributed by atoms with Crippen LogP contribution < -0.4 is 0 Å². The van der Waals surface area contributed by atoms with Crippen LogP contribution in [0, 0.1) is 40.9 Å². The van der Waals surface area contributed by atoms with Gasteiger partial charge < -0.3 is 15.3 Å². The van der Waals surface area contributed by atoms with Crippen LogP contribution >= 0.6 is 0 Å². The summed E-state index contributed by atoms with van der Waals surface area (Å²) >= 11 is 0. The van der Waals surface area contributed by atoms with E-state index in [1.54, 1.807) is 0 Å². The second-order valence-corrected chi connectivity index (χ2v) is 9.69. The lowest BCUT2D eigenvalue weighted by Crippen LogP contribution is -2.53. The van der Waals surface area contributed by atoms with E-state index in [4.69, 9.17) is 6.42 Å². The maximum Gasteiger partial charge on any atom is 0.130 e. The highest BCUT2D eigenvalue weighted by molar-refractivity contribution is 5.28. The standard InChI is InChI=1S/C22H32O3.C2H6/c1-4-22(25)10-7-19-17-13-16(24)12-14-11-15(23)5-8-20(14,2)18(17)6-9-21(19,22)3;1-2/h1,12,15-19,23-25H,5-11,13H2,2-3H3;1-2H3/t15-,16-,17+,18-,19-,20-,21-,22-;/m0./s1. The quantitative estimate of drug-likeness (QED) is 0.443. The molecule has 0 radical (unpaired) electrons. The molecule has 3 N–H and O–H groups in total. The molecule has 0 spiro atoms. The molecule has 3 nitrogen and oxygen atoms in total. The second kappa shape index (κ2) is 7.21. The van der Waals surface area contributed by atoms with Gasteiger partial charge in [0.1, 0.15) is 5.60 Å². The fraction of sp³-hybridized carbons (Fsp3) is 0.833. The highest BCUT2D eigenvalue weighted by Gasteiger charge is 2.63. The molecule has 0 unspecified atom stereocenters. The molecule has 4 rings (SSSR count). The fourth-order valence-electron chi connectivity index (χ4n) is 7.14. The smallest absolute Gasteiger partial charge is 0.130 e. The van der Waals surface area contributed by atoms with Crippen molar-refractivity contribution in [2.75, 3.05) is 0 Å². The minimum atomic E-state index is -1.00. The summed E-state index contributed by atoms with van der Waals surface area (Å²) in [5.74, 6) is 4.00. The molecule has 3 saturated carbocycles. The molecule has 152 valence electrons. The monoisotopic (exact) mass is 374 g/mol. The second-order valence-electron chi connectivity index (χ2n) is 9.69. The van der Waals surface area contributed by atoms with Crippen LogP contribution in [0.4, 0.5) is 0 Å². The van der Waals surface area contributed by atoms with E-state index in [2.05, 4.69) is 19.8 Å². The number of aliphatic hydroxyl groups is 3. The Morgan fingerprint density at radius 2 is 1.70 bits per heavy atom. The molecule has 0 amide bonds. The van der Waals surface area contributed by atoms with Gasteiger partial charge in [-0.05, 0) is 74.5 Å². The molecule has 4 aliphatic rings. The number of fused-ring (bicyclic) bond motifs is 5. The lowest BCUT2D eigenvalue weighted by Gasteiger charge is -2.55. The van der Waals surface area contributed by atoms with Gasteiger partial charge in [0.15, 0.2) is 0 Å². The predicted octanol–water partition coefficient (Wildman–Crippen LogP) is 4.06. The highest BCUT2D eigenvalue weighted by atomic mass is 16.3. The lowest BCUT2D eigenvalue weighted by atomic mass is 9.49. The average Bonchev–Trinajstić information content (AvgIpc) is 2.86. The van der Waals surface area contributed by atoms with Crippen LogP contribution in [0.2, 0.25) is 0 Å². The summed E-state index contributed by atoms with van der Waals surface area (Å²) in [4.78, 5) is 0. The van der Waals surface area contributed by atoms with E-state index in [0.29, 0.717) is 30.6 Å². The van der Waals surface area contributed by atoms with Crippen LogP contribution in [0.1, 0.15) is 79.1 Å². The van der Waals surface area contributed by atoms with Crippen molar-refractivity contribution in [2.24, 2.45) is 28.6 Å². The largest absolute Gasteiger partial charge is 0.393 e. The van der Waals surface area contributed by atoms with Crippen LogP contribution in [0.15, 0.2) is 11.6 Å². The third kappa shape index (κ3) is 3.00. The Labute approximate surface area is 165 Å². The summed E-state index contributed by atoms with van der Waals surface area (Å²) in [5, 5.41) is 31.9. The van der Waals surface area contributed by atoms with Crippen LogP contribution in [-0.2, 0) is 0 Å². The Kier molecular flexibility index (Phi) is 5.58. The topological polar surface area (TPSA) is 60.7 Å². The van der Waals surface area contributed by atoms with Gasteiger partial charge in [-0.15, -0.1) is 6.42 Å². The summed E-state index contributed by atoms with van der Waals surface area (Å²) in [6.45, 7) is 8.53. The van der Waals surface area contributed by atoms with Crippen molar-refractivity contribution >= 4 is 0 Å². The molecule has 0 aromatic carbocycles. The van der Waals surface area contributed by atoms with Crippen molar-refractivity contribution in [2.45, 2.75) is 96.9 Å². The molecule has 27 heavy (non-hydrogen) atoms. The van der Waals surface area contributed by atoms with Gasteiger partial charge in [0.05, 0.1) is 12.2 Å². The molecule has 3 fully saturated rings. The van der Waals surface area contributed by atoms with Crippen LogP contribution in [0.25, 0.3) is 0 Å². The van der Waals surface area contributed by atoms with E-state index >= 15 is 0 Å². The van der Waals surface area contributed by atoms with E-state index in [1.807, 2.05) is 19.9 Å². The summed E-state index contributed by atoms with van der Waals surface area (Å²) in [6, 6.07) is 0. The zero-order chi connectivity index (χ0) is 20.0. The predicted molar refractivity (Wildman–Crippen MR) is 109 cm³/mol. The lowest BCUT2D eigenvalue weighted by molar-refractivity contribution is -0.0973. The summed E-state index contributed by atoms with van der Waals surface area (Å²) < 4.78 is 0. The maximum absolute atomic E-state index is 11.1. The first-order valence-corrected chi connectivity index (χ1v) is 11.0. The zero-order valence-corrected chi connectivity index (χ0v) is 17.5. The van der Waals surface area contributed by atoms with Crippen LogP contribution in [0.5, 0.6) is 0 Å². The fourth-order valence-corrected chi connectivity index (χ4v) is 7.14. The molecule has 3 heteroatoms. The Morgan fingerprint density at radius 3 is 2.37 bits per heavy atom. The maximum atomic E-state index is 11.1. The van der Waals surface area contributed by atoms with E-state index in [1.165, 1.54) is 5.57 Å². The summed E-state index contributed by atoms with van der Waals surface area (Å²) in [7, 11) is 0. The van der Waals surface area contributed by atoms with Gasteiger partial charge in [0.2, 0.25) is 0 Å². The Bertz CT molecular complexity index is 634. The van der Waals surface area contributed by atoms with Gasteiger partial charge in [-0.1, -0.05) is 45.3 Å². The number of rotatable bonds is 0. The SMILES string of the molecule is C#C[C@]1(O)CC[C@H]2[C@@H]3C[C@@H](O)C=C4C[C@@H](O)CC[C@]4(C)[C@H]3CC[C@@]21C.CC. The van der Waals surface area contributed by atoms with Crippen molar-refractivity contribution in [3.63, 3.8) is 0 Å². The number of hydrogen-bond donors (Lipinski definition) is 3. The number of terminal acetylenes is 1. The normalized spacial score (nSPS) is 51.3. The molecule has 8 atom stereocenters. The van der Waals surface area contributed by atoms with Crippen molar-refractivity contribution in [3.8, 4) is 12.3 Å². The van der Waals surface area contributed by atoms with Gasteiger partial charge in [-0.3, -0.25) is 0 Å². The van der Waals surface area contributed by atoms with Crippen molar-refractivity contribution in [3.05, 3.63) is 11.6 Å². The molecule has 0 bridgehead atoms. The van der Waals surface area contributed by atoms with Crippen molar-refractivity contribution < 1.29 is 15.3 Å². The number of aliphatic hydroxyl groups excluding tert-OH is 2. The molecular weight excluding hydrogens is 336 g/mol. The molecule has 0 aromatic rings. The van der Waals surface area contributed by atoms with Gasteiger partial charge in [0, 0.05) is 5.41 Å². The molecular formula is C24H38O3. The first-order chi connectivity index (χ1) is 12.7. The van der Waals surface area contributed by atoms with Gasteiger partial charge in [0.25, 0.3) is 0 Å². The Morgan fingerprint density at radius 1 is 1.04 bits per heavy atom. The van der Waals surface area contributed by atoms with E-state index in [9.17, 15) is 15.3 Å². The molecule has 0 saturated heterocycles. The highest BCUT2D eigenvalue weighted by Crippen LogP contribution is 2.66. The third-order valence-electron chi connectivity index (χ3n) is 8.74. The number of hydrogen-bond acceptors (Lipinski definition) is 3. The van der Waals surface area contributed by atoms with Gasteiger partial charge in [-0.25, -0.2) is 0 Å². The zero-order valence-electron chi connectivity index (χ0n) is 17.5. The summed E-state index contributed by atoms with van der Waals surface area (Å²) in [6.07, 6.45) is 14.0. The molecule has 4 aliphatic carbocycles. The van der Waals surface area contributed by atoms with Crippen molar-refractivity contribution in [1.82, 2.24) is 0 Å².